The summed E-state index contributed by atoms with van der Waals surface area (Å²) in [6.45, 7) is 9.17. The average molecular weight is 249 g/mol. The summed E-state index contributed by atoms with van der Waals surface area (Å²) in [5, 5.41) is 3.52. The van der Waals surface area contributed by atoms with Crippen LogP contribution in [0, 0.1) is 11.3 Å². The van der Waals surface area contributed by atoms with Crippen LogP contribution in [0.2, 0.25) is 0 Å². The first-order valence-corrected chi connectivity index (χ1v) is 7.21. The molecule has 2 rings (SSSR count). The van der Waals surface area contributed by atoms with E-state index in [1.165, 1.54) is 25.1 Å². The second-order valence-electron chi connectivity index (χ2n) is 6.48. The molecule has 0 aliphatic heterocycles. The van der Waals surface area contributed by atoms with Crippen LogP contribution in [-0.2, 0) is 7.05 Å². The van der Waals surface area contributed by atoms with Gasteiger partial charge in [-0.05, 0) is 43.7 Å². The highest BCUT2D eigenvalue weighted by Crippen LogP contribution is 2.45. The first-order valence-electron chi connectivity index (χ1n) is 7.21. The molecular weight excluding hydrogens is 222 g/mol. The Balaban J connectivity index is 2.17. The molecule has 102 valence electrons. The molecule has 0 spiro atoms. The average Bonchev–Trinajstić information content (AvgIpc) is 2.73. The largest absolute Gasteiger partial charge is 0.338 e. The molecule has 1 aliphatic rings. The van der Waals surface area contributed by atoms with Crippen molar-refractivity contribution in [3.63, 3.8) is 0 Å². The van der Waals surface area contributed by atoms with Crippen molar-refractivity contribution < 1.29 is 0 Å². The van der Waals surface area contributed by atoms with E-state index in [0.29, 0.717) is 11.3 Å². The molecule has 3 nitrogen and oxygen atoms in total. The standard InChI is InChI=1S/C15H27N3/c1-5-16-11-12-6-7-15(2,3)10-13(12)14-17-8-9-18(14)4/h8-9,12-13,16H,5-7,10-11H2,1-4H3. The van der Waals surface area contributed by atoms with Crippen LogP contribution in [0.25, 0.3) is 0 Å². The van der Waals surface area contributed by atoms with E-state index < -0.39 is 0 Å². The summed E-state index contributed by atoms with van der Waals surface area (Å²) in [6, 6.07) is 0. The van der Waals surface area contributed by atoms with Crippen molar-refractivity contribution in [3.05, 3.63) is 18.2 Å². The predicted molar refractivity (Wildman–Crippen MR) is 75.6 cm³/mol. The Morgan fingerprint density at radius 1 is 1.50 bits per heavy atom. The van der Waals surface area contributed by atoms with E-state index in [2.05, 4.69) is 48.9 Å². The molecule has 1 aromatic heterocycles. The van der Waals surface area contributed by atoms with Gasteiger partial charge in [0.1, 0.15) is 5.82 Å². The summed E-state index contributed by atoms with van der Waals surface area (Å²) in [7, 11) is 2.12. The third-order valence-electron chi connectivity index (χ3n) is 4.38. The van der Waals surface area contributed by atoms with E-state index in [1.54, 1.807) is 0 Å². The first kappa shape index (κ1) is 13.6. The molecule has 1 saturated carbocycles. The molecule has 1 N–H and O–H groups in total. The van der Waals surface area contributed by atoms with Gasteiger partial charge in [-0.3, -0.25) is 0 Å². The maximum absolute atomic E-state index is 4.60. The number of imidazole rings is 1. The van der Waals surface area contributed by atoms with Gasteiger partial charge in [0.15, 0.2) is 0 Å². The maximum Gasteiger partial charge on any atom is 0.111 e. The minimum absolute atomic E-state index is 0.458. The quantitative estimate of drug-likeness (QED) is 0.889. The predicted octanol–water partition coefficient (Wildman–Crippen LogP) is 2.94. The zero-order valence-electron chi connectivity index (χ0n) is 12.2. The third-order valence-corrected chi connectivity index (χ3v) is 4.38. The Bertz CT molecular complexity index is 381. The van der Waals surface area contributed by atoms with Gasteiger partial charge in [-0.1, -0.05) is 20.8 Å². The fourth-order valence-electron chi connectivity index (χ4n) is 3.25. The van der Waals surface area contributed by atoms with Crippen molar-refractivity contribution in [1.29, 1.82) is 0 Å². The molecular formula is C15H27N3. The highest BCUT2D eigenvalue weighted by molar-refractivity contribution is 5.06. The number of rotatable bonds is 4. The summed E-state index contributed by atoms with van der Waals surface area (Å²) in [6.07, 6.45) is 7.91. The van der Waals surface area contributed by atoms with Crippen molar-refractivity contribution in [1.82, 2.24) is 14.9 Å². The van der Waals surface area contributed by atoms with Crippen LogP contribution in [-0.4, -0.2) is 22.6 Å². The monoisotopic (exact) mass is 249 g/mol. The van der Waals surface area contributed by atoms with Crippen LogP contribution in [0.1, 0.15) is 51.8 Å². The first-order chi connectivity index (χ1) is 8.53. The van der Waals surface area contributed by atoms with Crippen LogP contribution in [0.15, 0.2) is 12.4 Å². The number of aryl methyl sites for hydroxylation is 1. The van der Waals surface area contributed by atoms with E-state index >= 15 is 0 Å². The molecule has 0 radical (unpaired) electrons. The summed E-state index contributed by atoms with van der Waals surface area (Å²) >= 11 is 0. The number of hydrogen-bond acceptors (Lipinski definition) is 2. The highest BCUT2D eigenvalue weighted by Gasteiger charge is 2.37. The molecule has 1 heterocycles. The van der Waals surface area contributed by atoms with E-state index in [1.807, 2.05) is 6.20 Å². The van der Waals surface area contributed by atoms with Gasteiger partial charge in [-0.15, -0.1) is 0 Å². The van der Waals surface area contributed by atoms with E-state index in [9.17, 15) is 0 Å². The fourth-order valence-corrected chi connectivity index (χ4v) is 3.25. The number of hydrogen-bond donors (Lipinski definition) is 1. The lowest BCUT2D eigenvalue weighted by Gasteiger charge is -2.40. The lowest BCUT2D eigenvalue weighted by molar-refractivity contribution is 0.154. The number of nitrogens with zero attached hydrogens (tertiary/aromatic N) is 2. The fraction of sp³-hybridized carbons (Fsp3) is 0.800. The third kappa shape index (κ3) is 2.94. The molecule has 2 atom stereocenters. The minimum atomic E-state index is 0.458. The van der Waals surface area contributed by atoms with Gasteiger partial charge in [0.2, 0.25) is 0 Å². The number of aromatic nitrogens is 2. The van der Waals surface area contributed by atoms with Crippen molar-refractivity contribution in [3.8, 4) is 0 Å². The zero-order chi connectivity index (χ0) is 13.2. The zero-order valence-corrected chi connectivity index (χ0v) is 12.2. The van der Waals surface area contributed by atoms with Crippen molar-refractivity contribution in [2.45, 2.75) is 46.0 Å². The van der Waals surface area contributed by atoms with Crippen LogP contribution in [0.5, 0.6) is 0 Å². The van der Waals surface area contributed by atoms with Gasteiger partial charge in [-0.2, -0.15) is 0 Å². The molecule has 1 aromatic rings. The summed E-state index contributed by atoms with van der Waals surface area (Å²) < 4.78 is 2.20. The SMILES string of the molecule is CCNCC1CCC(C)(C)CC1c1nccn1C. The van der Waals surface area contributed by atoms with Crippen molar-refractivity contribution in [2.24, 2.45) is 18.4 Å². The van der Waals surface area contributed by atoms with Crippen LogP contribution in [0.4, 0.5) is 0 Å². The maximum atomic E-state index is 4.60. The molecule has 0 saturated heterocycles. The van der Waals surface area contributed by atoms with Gasteiger partial charge < -0.3 is 9.88 Å². The minimum Gasteiger partial charge on any atom is -0.338 e. The van der Waals surface area contributed by atoms with Gasteiger partial charge in [-0.25, -0.2) is 4.98 Å². The summed E-state index contributed by atoms with van der Waals surface area (Å²) in [5.41, 5.74) is 0.458. The second-order valence-corrected chi connectivity index (χ2v) is 6.48. The van der Waals surface area contributed by atoms with E-state index in [-0.39, 0.29) is 0 Å². The summed E-state index contributed by atoms with van der Waals surface area (Å²) in [4.78, 5) is 4.60. The smallest absolute Gasteiger partial charge is 0.111 e. The molecule has 1 aliphatic carbocycles. The molecule has 18 heavy (non-hydrogen) atoms. The molecule has 1 fully saturated rings. The second kappa shape index (κ2) is 5.43. The van der Waals surface area contributed by atoms with Crippen LogP contribution >= 0.6 is 0 Å². The Morgan fingerprint density at radius 3 is 2.89 bits per heavy atom. The lowest BCUT2D eigenvalue weighted by atomic mass is 9.67. The number of nitrogens with one attached hydrogen (secondary N) is 1. The molecule has 2 unspecified atom stereocenters. The Labute approximate surface area is 111 Å². The van der Waals surface area contributed by atoms with Crippen LogP contribution < -0.4 is 5.32 Å². The van der Waals surface area contributed by atoms with Gasteiger partial charge >= 0.3 is 0 Å². The van der Waals surface area contributed by atoms with E-state index in [4.69, 9.17) is 0 Å². The topological polar surface area (TPSA) is 29.9 Å². The Kier molecular flexibility index (Phi) is 4.10. The molecule has 3 heteroatoms. The molecule has 0 aromatic carbocycles. The normalized spacial score (nSPS) is 27.3. The van der Waals surface area contributed by atoms with Gasteiger partial charge in [0.25, 0.3) is 0 Å². The summed E-state index contributed by atoms with van der Waals surface area (Å²) in [5.74, 6) is 2.61. The molecule has 0 bridgehead atoms. The lowest BCUT2D eigenvalue weighted by Crippen LogP contribution is -2.35. The van der Waals surface area contributed by atoms with Crippen LogP contribution in [0.3, 0.4) is 0 Å². The van der Waals surface area contributed by atoms with Gasteiger partial charge in [0, 0.05) is 25.4 Å². The van der Waals surface area contributed by atoms with Crippen molar-refractivity contribution >= 4 is 0 Å². The van der Waals surface area contributed by atoms with Crippen molar-refractivity contribution in [2.75, 3.05) is 13.1 Å². The Morgan fingerprint density at radius 2 is 2.28 bits per heavy atom. The van der Waals surface area contributed by atoms with Gasteiger partial charge in [0.05, 0.1) is 0 Å². The molecule has 0 amide bonds. The Hall–Kier alpha value is -0.830. The highest BCUT2D eigenvalue weighted by atomic mass is 15.0. The van der Waals surface area contributed by atoms with E-state index in [0.717, 1.165) is 19.0 Å².